The van der Waals surface area contributed by atoms with Crippen LogP contribution in [0.1, 0.15) is 20.8 Å². The quantitative estimate of drug-likeness (QED) is 0.308. The number of rotatable bonds is 8. The highest BCUT2D eigenvalue weighted by Gasteiger charge is 2.56. The molecule has 0 saturated carbocycles. The van der Waals surface area contributed by atoms with E-state index in [1.165, 1.54) is 44.3 Å². The Morgan fingerprint density at radius 3 is 1.94 bits per heavy atom. The Labute approximate surface area is 201 Å². The number of esters is 3. The van der Waals surface area contributed by atoms with Crippen LogP contribution in [-0.2, 0) is 33.3 Å². The lowest BCUT2D eigenvalue weighted by atomic mass is 9.99. The van der Waals surface area contributed by atoms with Crippen LogP contribution < -0.4 is 0 Å². The van der Waals surface area contributed by atoms with Crippen molar-refractivity contribution in [2.75, 3.05) is 12.4 Å². The number of benzene rings is 2. The molecule has 1 aliphatic heterocycles. The Morgan fingerprint density at radius 2 is 1.39 bits per heavy atom. The molecule has 9 heteroatoms. The highest BCUT2D eigenvalue weighted by molar-refractivity contribution is 8.03. The summed E-state index contributed by atoms with van der Waals surface area (Å²) in [4.78, 5) is 36.6. The van der Waals surface area contributed by atoms with Crippen LogP contribution in [0.15, 0.2) is 70.5 Å². The lowest BCUT2D eigenvalue weighted by Gasteiger charge is -2.47. The van der Waals surface area contributed by atoms with Crippen LogP contribution in [0, 0.1) is 0 Å². The molecule has 0 amide bonds. The van der Waals surface area contributed by atoms with Crippen LogP contribution in [-0.4, -0.2) is 53.5 Å². The van der Waals surface area contributed by atoms with Gasteiger partial charge in [0.1, 0.15) is 0 Å². The molecule has 1 aliphatic rings. The van der Waals surface area contributed by atoms with E-state index in [-0.39, 0.29) is 6.61 Å². The van der Waals surface area contributed by atoms with Crippen LogP contribution in [0.2, 0.25) is 0 Å². The van der Waals surface area contributed by atoms with Gasteiger partial charge >= 0.3 is 17.9 Å². The van der Waals surface area contributed by atoms with Gasteiger partial charge in [0.25, 0.3) is 0 Å². The van der Waals surface area contributed by atoms with Gasteiger partial charge in [-0.15, -0.1) is 11.8 Å². The fourth-order valence-electron chi connectivity index (χ4n) is 3.45. The second-order valence-electron chi connectivity index (χ2n) is 7.39. The third-order valence-electron chi connectivity index (χ3n) is 4.72. The highest BCUT2D eigenvalue weighted by Crippen LogP contribution is 2.46. The molecule has 0 spiro atoms. The summed E-state index contributed by atoms with van der Waals surface area (Å²) in [6.07, 6.45) is -2.97. The first-order valence-corrected chi connectivity index (χ1v) is 12.2. The van der Waals surface area contributed by atoms with Gasteiger partial charge in [0.2, 0.25) is 0 Å². The van der Waals surface area contributed by atoms with Crippen molar-refractivity contribution in [1.82, 2.24) is 0 Å². The van der Waals surface area contributed by atoms with Gasteiger partial charge in [0, 0.05) is 36.3 Å². The van der Waals surface area contributed by atoms with Gasteiger partial charge in [0.05, 0.1) is 6.61 Å². The average molecular weight is 491 g/mol. The second kappa shape index (κ2) is 11.6. The molecule has 1 fully saturated rings. The van der Waals surface area contributed by atoms with Crippen LogP contribution >= 0.6 is 23.5 Å². The highest BCUT2D eigenvalue weighted by atomic mass is 32.2. The van der Waals surface area contributed by atoms with Crippen LogP contribution in [0.4, 0.5) is 0 Å². The zero-order chi connectivity index (χ0) is 23.8. The number of hydrogen-bond donors (Lipinski definition) is 0. The normalized spacial score (nSPS) is 24.5. The van der Waals surface area contributed by atoms with Crippen LogP contribution in [0.3, 0.4) is 0 Å². The van der Waals surface area contributed by atoms with E-state index < -0.39 is 41.2 Å². The number of carbonyl (C=O) groups excluding carboxylic acids is 3. The fraction of sp³-hybridized carbons (Fsp3) is 0.375. The number of carbonyl (C=O) groups is 3. The van der Waals surface area contributed by atoms with Crippen molar-refractivity contribution >= 4 is 41.4 Å². The minimum absolute atomic E-state index is 0.0233. The van der Waals surface area contributed by atoms with Crippen molar-refractivity contribution in [1.29, 1.82) is 0 Å². The molecule has 2 aromatic carbocycles. The minimum Gasteiger partial charge on any atom is -0.456 e. The zero-order valence-electron chi connectivity index (χ0n) is 18.6. The molecule has 0 radical (unpaired) electrons. The van der Waals surface area contributed by atoms with Crippen molar-refractivity contribution in [3.63, 3.8) is 0 Å². The molecule has 4 atom stereocenters. The van der Waals surface area contributed by atoms with Crippen molar-refractivity contribution in [3.05, 3.63) is 60.7 Å². The Bertz CT molecular complexity index is 954. The lowest BCUT2D eigenvalue weighted by molar-refractivity contribution is -0.229. The lowest BCUT2D eigenvalue weighted by Crippen LogP contribution is -2.63. The molecular weight excluding hydrogens is 464 g/mol. The molecular formula is C24H26O7S2. The number of thioether (sulfide) groups is 2. The van der Waals surface area contributed by atoms with E-state index in [1.807, 2.05) is 60.7 Å². The van der Waals surface area contributed by atoms with Crippen molar-refractivity contribution in [3.8, 4) is 0 Å². The Balaban J connectivity index is 2.02. The maximum atomic E-state index is 12.1. The first kappa shape index (κ1) is 25.1. The molecule has 33 heavy (non-hydrogen) atoms. The van der Waals surface area contributed by atoms with Gasteiger partial charge in [-0.1, -0.05) is 48.2 Å². The molecule has 0 bridgehead atoms. The molecule has 0 N–H and O–H groups in total. The van der Waals surface area contributed by atoms with E-state index in [9.17, 15) is 14.4 Å². The Hall–Kier alpha value is -2.49. The maximum absolute atomic E-state index is 12.1. The van der Waals surface area contributed by atoms with Crippen LogP contribution in [0.5, 0.6) is 0 Å². The number of ether oxygens (including phenoxy) is 4. The largest absolute Gasteiger partial charge is 0.456 e. The molecule has 1 heterocycles. The molecule has 0 unspecified atom stereocenters. The zero-order valence-corrected chi connectivity index (χ0v) is 20.2. The van der Waals surface area contributed by atoms with Crippen LogP contribution in [0.25, 0.3) is 0 Å². The summed E-state index contributed by atoms with van der Waals surface area (Å²) in [7, 11) is 0. The summed E-state index contributed by atoms with van der Waals surface area (Å²) >= 11 is 2.91. The summed E-state index contributed by atoms with van der Waals surface area (Å²) < 4.78 is 23.0. The summed E-state index contributed by atoms with van der Waals surface area (Å²) in [5, 5.41) is 0. The first-order chi connectivity index (χ1) is 15.8. The van der Waals surface area contributed by atoms with Gasteiger partial charge in [-0.05, 0) is 24.3 Å². The van der Waals surface area contributed by atoms with Gasteiger partial charge in [-0.2, -0.15) is 0 Å². The van der Waals surface area contributed by atoms with Crippen molar-refractivity contribution in [2.45, 2.75) is 53.8 Å². The molecule has 0 aromatic heterocycles. The van der Waals surface area contributed by atoms with E-state index in [0.717, 1.165) is 9.79 Å². The third kappa shape index (κ3) is 6.99. The van der Waals surface area contributed by atoms with Crippen molar-refractivity contribution in [2.24, 2.45) is 0 Å². The predicted molar refractivity (Wildman–Crippen MR) is 125 cm³/mol. The Kier molecular flexibility index (Phi) is 8.82. The van der Waals surface area contributed by atoms with E-state index in [0.29, 0.717) is 5.75 Å². The standard InChI is InChI=1S/C24H26O7S2/c1-16(25)29-21-14-28-24(33-20-12-8-5-9-13-20,15-32-19-10-6-4-7-11-19)23(31-18(3)27)22(21)30-17(2)26/h4-13,21-23H,14-15H2,1-3H3/t21-,22-,23+,24+/m1/s1. The topological polar surface area (TPSA) is 88.1 Å². The van der Waals surface area contributed by atoms with E-state index in [2.05, 4.69) is 0 Å². The minimum atomic E-state index is -1.12. The monoisotopic (exact) mass is 490 g/mol. The molecule has 1 saturated heterocycles. The van der Waals surface area contributed by atoms with E-state index >= 15 is 0 Å². The summed E-state index contributed by atoms with van der Waals surface area (Å²) in [6, 6.07) is 19.3. The predicted octanol–water partition coefficient (Wildman–Crippen LogP) is 4.09. The van der Waals surface area contributed by atoms with Gasteiger partial charge < -0.3 is 18.9 Å². The third-order valence-corrected chi connectivity index (χ3v) is 7.43. The van der Waals surface area contributed by atoms with E-state index in [4.69, 9.17) is 18.9 Å². The SMILES string of the molecule is CC(=O)O[C@@H]1[C@H](OC(C)=O)CO[C@@](CSc2ccccc2)(Sc2ccccc2)[C@H]1OC(C)=O. The molecule has 0 aliphatic carbocycles. The average Bonchev–Trinajstić information content (AvgIpc) is 2.77. The first-order valence-electron chi connectivity index (χ1n) is 10.4. The smallest absolute Gasteiger partial charge is 0.303 e. The summed E-state index contributed by atoms with van der Waals surface area (Å²) in [6.45, 7) is 3.78. The van der Waals surface area contributed by atoms with Crippen molar-refractivity contribution < 1.29 is 33.3 Å². The Morgan fingerprint density at radius 1 is 0.848 bits per heavy atom. The summed E-state index contributed by atoms with van der Waals surface area (Å²) in [5.41, 5.74) is 0. The molecule has 176 valence electrons. The molecule has 7 nitrogen and oxygen atoms in total. The number of hydrogen-bond acceptors (Lipinski definition) is 9. The van der Waals surface area contributed by atoms with Gasteiger partial charge in [0.15, 0.2) is 23.2 Å². The maximum Gasteiger partial charge on any atom is 0.303 e. The molecule has 2 aromatic rings. The summed E-state index contributed by atoms with van der Waals surface area (Å²) in [5.74, 6) is -1.32. The molecule has 3 rings (SSSR count). The second-order valence-corrected chi connectivity index (χ2v) is 9.81. The van der Waals surface area contributed by atoms with E-state index in [1.54, 1.807) is 0 Å². The van der Waals surface area contributed by atoms with Gasteiger partial charge in [-0.25, -0.2) is 0 Å². The van der Waals surface area contributed by atoms with Gasteiger partial charge in [-0.3, -0.25) is 14.4 Å². The fourth-order valence-corrected chi connectivity index (χ4v) is 5.95.